The molecule has 18 heavy (non-hydrogen) atoms. The van der Waals surface area contributed by atoms with Gasteiger partial charge in [-0.1, -0.05) is 6.92 Å². The first-order valence-corrected chi connectivity index (χ1v) is 7.84. The van der Waals surface area contributed by atoms with Crippen LogP contribution in [0.2, 0.25) is 0 Å². The topological polar surface area (TPSA) is 32.3 Å². The summed E-state index contributed by atoms with van der Waals surface area (Å²) < 4.78 is 0. The highest BCUT2D eigenvalue weighted by Crippen LogP contribution is 2.14. The molecule has 0 bridgehead atoms. The van der Waals surface area contributed by atoms with Crippen LogP contribution in [0, 0.1) is 0 Å². The molecule has 1 aliphatic heterocycles. The number of rotatable bonds is 5. The summed E-state index contributed by atoms with van der Waals surface area (Å²) >= 11 is 1.96. The molecule has 100 valence electrons. The summed E-state index contributed by atoms with van der Waals surface area (Å²) in [7, 11) is 0. The number of nitrogens with zero attached hydrogens (tertiary/aromatic N) is 4. The second kappa shape index (κ2) is 6.95. The van der Waals surface area contributed by atoms with Gasteiger partial charge in [-0.2, -0.15) is 11.8 Å². The van der Waals surface area contributed by atoms with Crippen LogP contribution in [-0.2, 0) is 0 Å². The van der Waals surface area contributed by atoms with Gasteiger partial charge in [0.15, 0.2) is 0 Å². The number of aromatic nitrogens is 2. The molecule has 2 rings (SSSR count). The highest BCUT2D eigenvalue weighted by Gasteiger charge is 2.18. The third-order valence-corrected chi connectivity index (χ3v) is 4.54. The molecule has 1 saturated heterocycles. The lowest BCUT2D eigenvalue weighted by Crippen LogP contribution is -2.47. The van der Waals surface area contributed by atoms with Gasteiger partial charge in [0.1, 0.15) is 5.82 Å². The Kier molecular flexibility index (Phi) is 5.26. The van der Waals surface area contributed by atoms with Crippen LogP contribution in [0.4, 0.5) is 5.82 Å². The fourth-order valence-corrected chi connectivity index (χ4v) is 2.48. The van der Waals surface area contributed by atoms with Gasteiger partial charge in [0.25, 0.3) is 0 Å². The number of hydrogen-bond donors (Lipinski definition) is 0. The zero-order chi connectivity index (χ0) is 12.8. The smallest absolute Gasteiger partial charge is 0.147 e. The molecule has 0 saturated carbocycles. The summed E-state index contributed by atoms with van der Waals surface area (Å²) in [5.41, 5.74) is 0. The van der Waals surface area contributed by atoms with Crippen molar-refractivity contribution in [1.82, 2.24) is 14.9 Å². The van der Waals surface area contributed by atoms with Crippen LogP contribution in [-0.4, -0.2) is 59.1 Å². The Morgan fingerprint density at radius 3 is 2.67 bits per heavy atom. The van der Waals surface area contributed by atoms with E-state index in [-0.39, 0.29) is 0 Å². The van der Waals surface area contributed by atoms with E-state index in [1.165, 1.54) is 13.0 Å². The molecule has 0 unspecified atom stereocenters. The predicted octanol–water partition coefficient (Wildman–Crippen LogP) is 1.74. The third-order valence-electron chi connectivity index (χ3n) is 3.50. The van der Waals surface area contributed by atoms with Crippen LogP contribution in [0.25, 0.3) is 0 Å². The largest absolute Gasteiger partial charge is 0.353 e. The maximum Gasteiger partial charge on any atom is 0.147 e. The van der Waals surface area contributed by atoms with Crippen molar-refractivity contribution in [3.05, 3.63) is 18.6 Å². The van der Waals surface area contributed by atoms with Gasteiger partial charge in [-0.25, -0.2) is 4.98 Å². The van der Waals surface area contributed by atoms with Gasteiger partial charge in [0.2, 0.25) is 0 Å². The SMILES string of the molecule is CS[C@H](C)CCN1CCN(c2cnccn2)CC1. The minimum Gasteiger partial charge on any atom is -0.353 e. The van der Waals surface area contributed by atoms with Gasteiger partial charge in [-0.15, -0.1) is 0 Å². The first-order valence-electron chi connectivity index (χ1n) is 6.55. The van der Waals surface area contributed by atoms with Crippen LogP contribution >= 0.6 is 11.8 Å². The number of piperazine rings is 1. The Balaban J connectivity index is 1.75. The molecule has 1 atom stereocenters. The molecule has 0 radical (unpaired) electrons. The third kappa shape index (κ3) is 3.85. The molecule has 0 spiro atoms. The maximum atomic E-state index is 4.36. The second-order valence-corrected chi connectivity index (χ2v) is 6.00. The van der Waals surface area contributed by atoms with Crippen LogP contribution in [0.1, 0.15) is 13.3 Å². The monoisotopic (exact) mass is 266 g/mol. The Morgan fingerprint density at radius 2 is 2.06 bits per heavy atom. The summed E-state index contributed by atoms with van der Waals surface area (Å²) in [6.07, 6.45) is 8.82. The standard InChI is InChI=1S/C13H22N4S/c1-12(18-2)3-6-16-7-9-17(10-8-16)13-11-14-4-5-15-13/h4-5,11-12H,3,6-10H2,1-2H3/t12-/m1/s1. The van der Waals surface area contributed by atoms with Crippen LogP contribution in [0.3, 0.4) is 0 Å². The summed E-state index contributed by atoms with van der Waals surface area (Å²) in [6, 6.07) is 0. The predicted molar refractivity (Wildman–Crippen MR) is 78.3 cm³/mol. The van der Waals surface area contributed by atoms with Crippen LogP contribution < -0.4 is 4.90 Å². The average Bonchev–Trinajstić information content (AvgIpc) is 2.46. The fraction of sp³-hybridized carbons (Fsp3) is 0.692. The van der Waals surface area contributed by atoms with Crippen molar-refractivity contribution in [2.45, 2.75) is 18.6 Å². The van der Waals surface area contributed by atoms with E-state index in [2.05, 4.69) is 32.9 Å². The van der Waals surface area contributed by atoms with Crippen LogP contribution in [0.15, 0.2) is 18.6 Å². The van der Waals surface area contributed by atoms with Gasteiger partial charge < -0.3 is 4.90 Å². The molecule has 0 aromatic carbocycles. The quantitative estimate of drug-likeness (QED) is 0.810. The fourth-order valence-electron chi connectivity index (χ4n) is 2.14. The molecular weight excluding hydrogens is 244 g/mol. The summed E-state index contributed by atoms with van der Waals surface area (Å²) in [5.74, 6) is 1.01. The first kappa shape index (κ1) is 13.6. The summed E-state index contributed by atoms with van der Waals surface area (Å²) in [4.78, 5) is 13.4. The highest BCUT2D eigenvalue weighted by atomic mass is 32.2. The van der Waals surface area contributed by atoms with Crippen molar-refractivity contribution in [3.63, 3.8) is 0 Å². The van der Waals surface area contributed by atoms with Gasteiger partial charge in [0, 0.05) is 43.8 Å². The zero-order valence-electron chi connectivity index (χ0n) is 11.2. The molecule has 1 aromatic heterocycles. The number of hydrogen-bond acceptors (Lipinski definition) is 5. The number of anilines is 1. The molecule has 0 N–H and O–H groups in total. The van der Waals surface area contributed by atoms with Crippen molar-refractivity contribution in [1.29, 1.82) is 0 Å². The van der Waals surface area contributed by atoms with E-state index < -0.39 is 0 Å². The van der Waals surface area contributed by atoms with Crippen LogP contribution in [0.5, 0.6) is 0 Å². The Hall–Kier alpha value is -0.810. The minimum atomic E-state index is 0.767. The van der Waals surface area contributed by atoms with E-state index >= 15 is 0 Å². The van der Waals surface area contributed by atoms with Gasteiger partial charge >= 0.3 is 0 Å². The van der Waals surface area contributed by atoms with Gasteiger partial charge in [-0.3, -0.25) is 9.88 Å². The van der Waals surface area contributed by atoms with E-state index in [9.17, 15) is 0 Å². The molecule has 5 heteroatoms. The maximum absolute atomic E-state index is 4.36. The lowest BCUT2D eigenvalue weighted by Gasteiger charge is -2.35. The van der Waals surface area contributed by atoms with Crippen molar-refractivity contribution >= 4 is 17.6 Å². The molecule has 1 fully saturated rings. The lowest BCUT2D eigenvalue weighted by atomic mass is 10.2. The zero-order valence-corrected chi connectivity index (χ0v) is 12.1. The molecular formula is C13H22N4S. The van der Waals surface area contributed by atoms with E-state index in [4.69, 9.17) is 0 Å². The highest BCUT2D eigenvalue weighted by molar-refractivity contribution is 7.99. The Bertz CT molecular complexity index is 338. The summed E-state index contributed by atoms with van der Waals surface area (Å²) in [6.45, 7) is 7.92. The normalized spacial score (nSPS) is 18.9. The van der Waals surface area contributed by atoms with Gasteiger partial charge in [-0.05, 0) is 19.2 Å². The lowest BCUT2D eigenvalue weighted by molar-refractivity contribution is 0.254. The first-order chi connectivity index (χ1) is 8.79. The molecule has 1 aliphatic rings. The Labute approximate surface area is 114 Å². The van der Waals surface area contributed by atoms with E-state index in [0.29, 0.717) is 0 Å². The molecule has 0 aliphatic carbocycles. The van der Waals surface area contributed by atoms with Crippen molar-refractivity contribution in [2.75, 3.05) is 43.9 Å². The molecule has 2 heterocycles. The van der Waals surface area contributed by atoms with Crippen molar-refractivity contribution in [3.8, 4) is 0 Å². The molecule has 4 nitrogen and oxygen atoms in total. The molecule has 0 amide bonds. The van der Waals surface area contributed by atoms with Crippen molar-refractivity contribution < 1.29 is 0 Å². The van der Waals surface area contributed by atoms with Crippen molar-refractivity contribution in [2.24, 2.45) is 0 Å². The molecule has 1 aromatic rings. The van der Waals surface area contributed by atoms with Gasteiger partial charge in [0.05, 0.1) is 6.20 Å². The average molecular weight is 266 g/mol. The Morgan fingerprint density at radius 1 is 1.28 bits per heavy atom. The van der Waals surface area contributed by atoms with E-state index in [0.717, 1.165) is 37.2 Å². The van der Waals surface area contributed by atoms with E-state index in [1.807, 2.05) is 18.0 Å². The van der Waals surface area contributed by atoms with E-state index in [1.54, 1.807) is 12.4 Å². The summed E-state index contributed by atoms with van der Waals surface area (Å²) in [5, 5.41) is 0.767. The minimum absolute atomic E-state index is 0.767. The number of thioether (sulfide) groups is 1. The second-order valence-electron chi connectivity index (χ2n) is 4.73.